The summed E-state index contributed by atoms with van der Waals surface area (Å²) in [5.41, 5.74) is 11.5. The van der Waals surface area contributed by atoms with E-state index < -0.39 is 0 Å². The minimum absolute atomic E-state index is 0.848. The Morgan fingerprint density at radius 2 is 1.14 bits per heavy atom. The van der Waals surface area contributed by atoms with Gasteiger partial charge in [0.05, 0.1) is 27.5 Å². The number of aromatic nitrogens is 3. The van der Waals surface area contributed by atoms with Gasteiger partial charge in [0.25, 0.3) is 0 Å². The fourth-order valence-electron chi connectivity index (χ4n) is 7.19. The number of hydrogen-bond acceptors (Lipinski definition) is 4. The highest BCUT2D eigenvalue weighted by molar-refractivity contribution is 6.32. The van der Waals surface area contributed by atoms with E-state index in [0.717, 1.165) is 93.6 Å². The van der Waals surface area contributed by atoms with Crippen molar-refractivity contribution in [2.75, 3.05) is 0 Å². The Morgan fingerprint density at radius 3 is 1.98 bits per heavy atom. The van der Waals surface area contributed by atoms with Crippen LogP contribution in [0.1, 0.15) is 0 Å². The van der Waals surface area contributed by atoms with Crippen LogP contribution in [-0.2, 0) is 0 Å². The first-order valence-corrected chi connectivity index (χ1v) is 14.4. The first-order valence-electron chi connectivity index (χ1n) is 14.4. The van der Waals surface area contributed by atoms with Gasteiger partial charge in [-0.25, -0.2) is 9.97 Å². The van der Waals surface area contributed by atoms with E-state index in [2.05, 4.69) is 71.1 Å². The third-order valence-corrected chi connectivity index (χ3v) is 9.10. The molecule has 0 saturated heterocycles. The molecule has 6 aromatic carbocycles. The van der Waals surface area contributed by atoms with Crippen LogP contribution >= 0.6 is 0 Å². The van der Waals surface area contributed by atoms with E-state index in [4.69, 9.17) is 18.8 Å². The molecule has 0 saturated carbocycles. The van der Waals surface area contributed by atoms with Crippen LogP contribution < -0.4 is 0 Å². The van der Waals surface area contributed by atoms with Crippen molar-refractivity contribution < 1.29 is 8.83 Å². The van der Waals surface area contributed by atoms with Crippen LogP contribution in [0, 0.1) is 0 Å². The Hall–Kier alpha value is -5.94. The van der Waals surface area contributed by atoms with Gasteiger partial charge in [-0.1, -0.05) is 60.7 Å². The van der Waals surface area contributed by atoms with Gasteiger partial charge >= 0.3 is 0 Å². The summed E-state index contributed by atoms with van der Waals surface area (Å²) in [7, 11) is 0. The Labute approximate surface area is 242 Å². The molecule has 43 heavy (non-hydrogen) atoms. The van der Waals surface area contributed by atoms with Gasteiger partial charge in [-0.2, -0.15) is 0 Å². The molecule has 0 aliphatic carbocycles. The highest BCUT2D eigenvalue weighted by atomic mass is 16.3. The van der Waals surface area contributed by atoms with Crippen LogP contribution in [0.4, 0.5) is 0 Å². The summed E-state index contributed by atoms with van der Waals surface area (Å²) < 4.78 is 14.9. The standard InChI is InChI=1S/C38H19N3O2/c1-5-11-31-22(7-1)25-18-21(14-16-33(25)42-31)20-13-15-30-24(17-20)26-19-27-23-8-2-6-12-32(23)43-37(27)34-35-38(41(30)36(26)34)40-29-10-4-3-9-28(29)39-35/h1-19H. The second-order valence-electron chi connectivity index (χ2n) is 11.4. The normalized spacial score (nSPS) is 12.7. The lowest BCUT2D eigenvalue weighted by atomic mass is 9.99. The Balaban J connectivity index is 1.29. The van der Waals surface area contributed by atoms with E-state index in [0.29, 0.717) is 0 Å². The second kappa shape index (κ2) is 7.46. The van der Waals surface area contributed by atoms with Crippen molar-refractivity contribution in [3.63, 3.8) is 0 Å². The molecule has 11 rings (SSSR count). The quantitative estimate of drug-likeness (QED) is 0.204. The van der Waals surface area contributed by atoms with Crippen LogP contribution in [0.5, 0.6) is 0 Å². The number of furan rings is 2. The second-order valence-corrected chi connectivity index (χ2v) is 11.4. The molecule has 0 N–H and O–H groups in total. The van der Waals surface area contributed by atoms with Gasteiger partial charge < -0.3 is 8.83 Å². The SMILES string of the molecule is c1ccc2nc3c(nc2c1)c1c2oc4ccccc4c2cc2c4cc(-c5ccc6oc7ccccc7c6c5)ccc4n3c21. The summed E-state index contributed by atoms with van der Waals surface area (Å²) in [6.45, 7) is 0. The third kappa shape index (κ3) is 2.67. The predicted molar refractivity (Wildman–Crippen MR) is 174 cm³/mol. The number of para-hydroxylation sites is 4. The van der Waals surface area contributed by atoms with Crippen molar-refractivity contribution in [3.8, 4) is 11.1 Å². The molecule has 11 aromatic rings. The van der Waals surface area contributed by atoms with Gasteiger partial charge in [0.2, 0.25) is 0 Å². The summed E-state index contributed by atoms with van der Waals surface area (Å²) in [4.78, 5) is 10.3. The molecule has 5 aromatic heterocycles. The van der Waals surface area contributed by atoms with Crippen molar-refractivity contribution in [2.24, 2.45) is 0 Å². The lowest BCUT2D eigenvalue weighted by molar-refractivity contribution is 0.669. The minimum Gasteiger partial charge on any atom is -0.456 e. The highest BCUT2D eigenvalue weighted by Crippen LogP contribution is 2.45. The third-order valence-electron chi connectivity index (χ3n) is 9.10. The molecule has 5 heterocycles. The van der Waals surface area contributed by atoms with Crippen LogP contribution in [0.3, 0.4) is 0 Å². The van der Waals surface area contributed by atoms with E-state index in [1.54, 1.807) is 0 Å². The molecule has 0 amide bonds. The maximum atomic E-state index is 6.55. The highest BCUT2D eigenvalue weighted by Gasteiger charge is 2.25. The number of rotatable bonds is 1. The lowest BCUT2D eigenvalue weighted by Gasteiger charge is -2.04. The largest absolute Gasteiger partial charge is 0.456 e. The van der Waals surface area contributed by atoms with Gasteiger partial charge in [0, 0.05) is 32.3 Å². The summed E-state index contributed by atoms with van der Waals surface area (Å²) >= 11 is 0. The van der Waals surface area contributed by atoms with Gasteiger partial charge in [-0.05, 0) is 65.7 Å². The average molecular weight is 550 g/mol. The van der Waals surface area contributed by atoms with Crippen molar-refractivity contribution in [2.45, 2.75) is 0 Å². The van der Waals surface area contributed by atoms with Crippen molar-refractivity contribution >= 4 is 93.3 Å². The van der Waals surface area contributed by atoms with Gasteiger partial charge in [-0.15, -0.1) is 0 Å². The summed E-state index contributed by atoms with van der Waals surface area (Å²) in [5.74, 6) is 0. The van der Waals surface area contributed by atoms with E-state index in [-0.39, 0.29) is 0 Å². The predicted octanol–water partition coefficient (Wildman–Crippen LogP) is 10.2. The Kier molecular flexibility index (Phi) is 3.78. The molecule has 0 atom stereocenters. The maximum absolute atomic E-state index is 6.55. The van der Waals surface area contributed by atoms with Gasteiger partial charge in [-0.3, -0.25) is 4.40 Å². The fourth-order valence-corrected chi connectivity index (χ4v) is 7.19. The van der Waals surface area contributed by atoms with Crippen LogP contribution in [-0.4, -0.2) is 14.4 Å². The molecule has 0 spiro atoms. The molecule has 5 nitrogen and oxygen atoms in total. The first-order chi connectivity index (χ1) is 21.3. The van der Waals surface area contributed by atoms with Crippen molar-refractivity contribution in [1.29, 1.82) is 0 Å². The summed E-state index contributed by atoms with van der Waals surface area (Å²) in [6.07, 6.45) is 0. The maximum Gasteiger partial charge on any atom is 0.165 e. The molecular weight excluding hydrogens is 530 g/mol. The molecule has 0 aliphatic rings. The van der Waals surface area contributed by atoms with E-state index in [9.17, 15) is 0 Å². The molecule has 0 radical (unpaired) electrons. The number of hydrogen-bond donors (Lipinski definition) is 0. The zero-order valence-corrected chi connectivity index (χ0v) is 22.6. The summed E-state index contributed by atoms with van der Waals surface area (Å²) in [5, 5.41) is 7.82. The van der Waals surface area contributed by atoms with Crippen molar-refractivity contribution in [3.05, 3.63) is 115 Å². The van der Waals surface area contributed by atoms with E-state index in [1.807, 2.05) is 48.5 Å². The first kappa shape index (κ1) is 21.8. The smallest absolute Gasteiger partial charge is 0.165 e. The van der Waals surface area contributed by atoms with Crippen LogP contribution in [0.2, 0.25) is 0 Å². The van der Waals surface area contributed by atoms with Crippen LogP contribution in [0.15, 0.2) is 124 Å². The van der Waals surface area contributed by atoms with Gasteiger partial charge in [0.1, 0.15) is 27.8 Å². The topological polar surface area (TPSA) is 56.5 Å². The molecule has 198 valence electrons. The molecule has 0 unspecified atom stereocenters. The molecule has 0 bridgehead atoms. The lowest BCUT2D eigenvalue weighted by Crippen LogP contribution is -1.89. The molecule has 5 heteroatoms. The molecule has 0 aliphatic heterocycles. The Bertz CT molecular complexity index is 2960. The minimum atomic E-state index is 0.848. The van der Waals surface area contributed by atoms with Gasteiger partial charge in [0.15, 0.2) is 5.65 Å². The zero-order valence-electron chi connectivity index (χ0n) is 22.6. The fraction of sp³-hybridized carbons (Fsp3) is 0. The zero-order chi connectivity index (χ0) is 27.8. The van der Waals surface area contributed by atoms with Crippen LogP contribution in [0.25, 0.3) is 104 Å². The number of fused-ring (bicyclic) bond motifs is 14. The average Bonchev–Trinajstić information content (AvgIpc) is 3.79. The number of benzene rings is 6. The molecule has 0 fully saturated rings. The van der Waals surface area contributed by atoms with E-state index >= 15 is 0 Å². The van der Waals surface area contributed by atoms with Crippen molar-refractivity contribution in [1.82, 2.24) is 14.4 Å². The van der Waals surface area contributed by atoms with E-state index in [1.165, 1.54) is 10.8 Å². The Morgan fingerprint density at radius 1 is 0.488 bits per heavy atom. The summed E-state index contributed by atoms with van der Waals surface area (Å²) in [6, 6.07) is 40.1. The monoisotopic (exact) mass is 549 g/mol. The molecular formula is C38H19N3O2. The number of nitrogens with zero attached hydrogens (tertiary/aromatic N) is 3.